The molecule has 0 atom stereocenters. The number of hydrogen-bond acceptors (Lipinski definition) is 4. The van der Waals surface area contributed by atoms with E-state index in [1.54, 1.807) is 18.2 Å². The van der Waals surface area contributed by atoms with Crippen molar-refractivity contribution >= 4 is 11.9 Å². The molecule has 1 saturated carbocycles. The first-order valence-electron chi connectivity index (χ1n) is 7.13. The third-order valence-corrected chi connectivity index (χ3v) is 3.43. The second kappa shape index (κ2) is 7.62. The second-order valence-corrected chi connectivity index (χ2v) is 5.05. The number of pyridine rings is 1. The Morgan fingerprint density at radius 3 is 2.60 bits per heavy atom. The molecule has 1 N–H and O–H groups in total. The molecule has 5 nitrogen and oxygen atoms in total. The smallest absolute Gasteiger partial charge is 0.357 e. The number of hydrogen-bond donors (Lipinski definition) is 1. The number of amides is 1. The first-order chi connectivity index (χ1) is 9.75. The number of esters is 1. The molecule has 0 bridgehead atoms. The molecule has 0 spiro atoms. The minimum absolute atomic E-state index is 0.217. The zero-order chi connectivity index (χ0) is 14.2. The van der Waals surface area contributed by atoms with Gasteiger partial charge in [0.2, 0.25) is 0 Å². The van der Waals surface area contributed by atoms with Crippen LogP contribution in [0.4, 0.5) is 0 Å². The van der Waals surface area contributed by atoms with E-state index in [2.05, 4.69) is 10.3 Å². The molecule has 20 heavy (non-hydrogen) atoms. The van der Waals surface area contributed by atoms with Gasteiger partial charge in [0.25, 0.3) is 5.91 Å². The van der Waals surface area contributed by atoms with E-state index in [1.807, 2.05) is 0 Å². The van der Waals surface area contributed by atoms with Crippen LogP contribution in [0.5, 0.6) is 0 Å². The fourth-order valence-corrected chi connectivity index (χ4v) is 2.38. The van der Waals surface area contributed by atoms with E-state index in [9.17, 15) is 9.59 Å². The molecule has 0 aromatic carbocycles. The van der Waals surface area contributed by atoms with Crippen LogP contribution in [-0.2, 0) is 9.53 Å². The molecular weight excluding hydrogens is 256 g/mol. The lowest BCUT2D eigenvalue weighted by Crippen LogP contribution is -2.37. The largest absolute Gasteiger partial charge is 0.451 e. The van der Waals surface area contributed by atoms with Crippen molar-refractivity contribution in [3.05, 3.63) is 30.1 Å². The number of nitrogens with zero attached hydrogens (tertiary/aromatic N) is 1. The second-order valence-electron chi connectivity index (χ2n) is 5.05. The van der Waals surface area contributed by atoms with E-state index in [1.165, 1.54) is 19.0 Å². The summed E-state index contributed by atoms with van der Waals surface area (Å²) >= 11 is 0. The highest BCUT2D eigenvalue weighted by molar-refractivity contribution is 5.89. The first kappa shape index (κ1) is 14.5. The molecule has 5 heteroatoms. The molecule has 1 amide bonds. The molecule has 1 aliphatic carbocycles. The van der Waals surface area contributed by atoms with Crippen LogP contribution in [0, 0.1) is 0 Å². The minimum atomic E-state index is -0.568. The molecule has 1 heterocycles. The van der Waals surface area contributed by atoms with Gasteiger partial charge in [-0.2, -0.15) is 0 Å². The Labute approximate surface area is 118 Å². The number of aromatic nitrogens is 1. The van der Waals surface area contributed by atoms with Crippen LogP contribution in [0.3, 0.4) is 0 Å². The summed E-state index contributed by atoms with van der Waals surface area (Å²) in [7, 11) is 0. The van der Waals surface area contributed by atoms with E-state index in [-0.39, 0.29) is 24.2 Å². The highest BCUT2D eigenvalue weighted by atomic mass is 16.5. The predicted octanol–water partition coefficient (Wildman–Crippen LogP) is 2.08. The monoisotopic (exact) mass is 276 g/mol. The highest BCUT2D eigenvalue weighted by Crippen LogP contribution is 2.17. The summed E-state index contributed by atoms with van der Waals surface area (Å²) in [5, 5.41) is 2.93. The zero-order valence-corrected chi connectivity index (χ0v) is 11.5. The van der Waals surface area contributed by atoms with Gasteiger partial charge in [-0.05, 0) is 25.0 Å². The van der Waals surface area contributed by atoms with Gasteiger partial charge in [0.1, 0.15) is 5.69 Å². The molecule has 1 aromatic heterocycles. The van der Waals surface area contributed by atoms with Gasteiger partial charge in [0.05, 0.1) is 0 Å². The van der Waals surface area contributed by atoms with Crippen molar-refractivity contribution in [3.8, 4) is 0 Å². The van der Waals surface area contributed by atoms with Crippen LogP contribution in [0.15, 0.2) is 24.4 Å². The number of nitrogens with one attached hydrogen (secondary N) is 1. The summed E-state index contributed by atoms with van der Waals surface area (Å²) in [5.74, 6) is -0.803. The van der Waals surface area contributed by atoms with Crippen LogP contribution in [0.25, 0.3) is 0 Å². The minimum Gasteiger partial charge on any atom is -0.451 e. The Hall–Kier alpha value is -1.91. The molecular formula is C15H20N2O3. The average molecular weight is 276 g/mol. The first-order valence-corrected chi connectivity index (χ1v) is 7.13. The molecule has 0 unspecified atom stereocenters. The van der Waals surface area contributed by atoms with Gasteiger partial charge in [-0.25, -0.2) is 9.78 Å². The quantitative estimate of drug-likeness (QED) is 0.675. The van der Waals surface area contributed by atoms with Crippen molar-refractivity contribution in [2.24, 2.45) is 0 Å². The topological polar surface area (TPSA) is 68.3 Å². The zero-order valence-electron chi connectivity index (χ0n) is 11.5. The predicted molar refractivity (Wildman–Crippen MR) is 74.2 cm³/mol. The van der Waals surface area contributed by atoms with Crippen molar-refractivity contribution in [3.63, 3.8) is 0 Å². The summed E-state index contributed by atoms with van der Waals surface area (Å²) < 4.78 is 4.95. The molecule has 1 fully saturated rings. The standard InChI is InChI=1S/C15H20N2O3/c18-14(17-12-7-3-1-2-4-8-12)11-20-15(19)13-9-5-6-10-16-13/h5-6,9-10,12H,1-4,7-8,11H2,(H,17,18). The van der Waals surface area contributed by atoms with Crippen LogP contribution in [-0.4, -0.2) is 29.5 Å². The molecule has 0 radical (unpaired) electrons. The van der Waals surface area contributed by atoms with Crippen molar-refractivity contribution in [1.82, 2.24) is 10.3 Å². The molecule has 0 aliphatic heterocycles. The fourth-order valence-electron chi connectivity index (χ4n) is 2.38. The Balaban J connectivity index is 1.73. The molecule has 1 aliphatic rings. The number of carbonyl (C=O) groups excluding carboxylic acids is 2. The van der Waals surface area contributed by atoms with Crippen molar-refractivity contribution in [2.45, 2.75) is 44.6 Å². The molecule has 1 aromatic rings. The lowest BCUT2D eigenvalue weighted by molar-refractivity contribution is -0.125. The summed E-state index contributed by atoms with van der Waals surface area (Å²) in [6, 6.07) is 5.20. The van der Waals surface area contributed by atoms with Crippen molar-refractivity contribution < 1.29 is 14.3 Å². The molecule has 108 valence electrons. The van der Waals surface area contributed by atoms with E-state index in [4.69, 9.17) is 4.74 Å². The highest BCUT2D eigenvalue weighted by Gasteiger charge is 2.16. The number of ether oxygens (including phenoxy) is 1. The third kappa shape index (κ3) is 4.64. The van der Waals surface area contributed by atoms with Crippen LogP contribution in [0.1, 0.15) is 49.0 Å². The van der Waals surface area contributed by atoms with E-state index in [0.29, 0.717) is 0 Å². The van der Waals surface area contributed by atoms with Crippen LogP contribution in [0.2, 0.25) is 0 Å². The normalized spacial score (nSPS) is 16.2. The maximum atomic E-state index is 11.8. The summed E-state index contributed by atoms with van der Waals surface area (Å²) in [5.41, 5.74) is 0.217. The molecule has 0 saturated heterocycles. The van der Waals surface area contributed by atoms with Crippen LogP contribution >= 0.6 is 0 Å². The van der Waals surface area contributed by atoms with E-state index in [0.717, 1.165) is 25.7 Å². The van der Waals surface area contributed by atoms with Gasteiger partial charge < -0.3 is 10.1 Å². The molecule has 2 rings (SSSR count). The van der Waals surface area contributed by atoms with Gasteiger partial charge in [-0.15, -0.1) is 0 Å². The van der Waals surface area contributed by atoms with Gasteiger partial charge in [0.15, 0.2) is 6.61 Å². The lowest BCUT2D eigenvalue weighted by Gasteiger charge is -2.15. The van der Waals surface area contributed by atoms with Gasteiger partial charge in [0, 0.05) is 12.2 Å². The lowest BCUT2D eigenvalue weighted by atomic mass is 10.1. The maximum absolute atomic E-state index is 11.8. The third-order valence-electron chi connectivity index (χ3n) is 3.43. The summed E-state index contributed by atoms with van der Waals surface area (Å²) in [6.07, 6.45) is 8.32. The summed E-state index contributed by atoms with van der Waals surface area (Å²) in [4.78, 5) is 27.3. The Bertz CT molecular complexity index is 440. The Kier molecular flexibility index (Phi) is 5.53. The van der Waals surface area contributed by atoms with Crippen LogP contribution < -0.4 is 5.32 Å². The van der Waals surface area contributed by atoms with E-state index >= 15 is 0 Å². The van der Waals surface area contributed by atoms with Gasteiger partial charge in [-0.3, -0.25) is 4.79 Å². The maximum Gasteiger partial charge on any atom is 0.357 e. The SMILES string of the molecule is O=C(COC(=O)c1ccccn1)NC1CCCCCC1. The average Bonchev–Trinajstić information content (AvgIpc) is 2.74. The summed E-state index contributed by atoms with van der Waals surface area (Å²) in [6.45, 7) is -0.244. The number of rotatable bonds is 4. The van der Waals surface area contributed by atoms with Crippen molar-refractivity contribution in [1.29, 1.82) is 0 Å². The Morgan fingerprint density at radius 1 is 1.20 bits per heavy atom. The Morgan fingerprint density at radius 2 is 1.95 bits per heavy atom. The van der Waals surface area contributed by atoms with Crippen molar-refractivity contribution in [2.75, 3.05) is 6.61 Å². The van der Waals surface area contributed by atoms with E-state index < -0.39 is 5.97 Å². The fraction of sp³-hybridized carbons (Fsp3) is 0.533. The van der Waals surface area contributed by atoms with Gasteiger partial charge >= 0.3 is 5.97 Å². The number of carbonyl (C=O) groups is 2. The van der Waals surface area contributed by atoms with Gasteiger partial charge in [-0.1, -0.05) is 31.7 Å².